The minimum atomic E-state index is -0.518. The van der Waals surface area contributed by atoms with Crippen molar-refractivity contribution < 1.29 is 4.92 Å². The van der Waals surface area contributed by atoms with Crippen molar-refractivity contribution in [1.82, 2.24) is 4.98 Å². The van der Waals surface area contributed by atoms with Gasteiger partial charge in [-0.05, 0) is 6.07 Å². The Balaban J connectivity index is 3.23. The molecule has 0 unspecified atom stereocenters. The van der Waals surface area contributed by atoms with Crippen LogP contribution < -0.4 is 0 Å². The van der Waals surface area contributed by atoms with Crippen LogP contribution in [0.3, 0.4) is 0 Å². The lowest BCUT2D eigenvalue weighted by Gasteiger charge is -1.92. The van der Waals surface area contributed by atoms with E-state index in [1.54, 1.807) is 0 Å². The van der Waals surface area contributed by atoms with Crippen molar-refractivity contribution in [3.63, 3.8) is 0 Å². The molecule has 0 aliphatic heterocycles. The molecule has 1 aromatic rings. The van der Waals surface area contributed by atoms with Crippen molar-refractivity contribution in [3.8, 4) is 0 Å². The Labute approximate surface area is 68.6 Å². The first-order valence-corrected chi connectivity index (χ1v) is 3.14. The highest BCUT2D eigenvalue weighted by Gasteiger charge is 2.13. The van der Waals surface area contributed by atoms with Gasteiger partial charge in [0.25, 0.3) is 5.82 Å². The van der Waals surface area contributed by atoms with Gasteiger partial charge in [0.15, 0.2) is 0 Å². The fourth-order valence-corrected chi connectivity index (χ4v) is 0.796. The number of hydrogen-bond donors (Lipinski definition) is 0. The molecule has 5 heteroatoms. The highest BCUT2D eigenvalue weighted by Crippen LogP contribution is 2.18. The molecule has 1 rings (SSSR count). The summed E-state index contributed by atoms with van der Waals surface area (Å²) in [6.45, 7) is 8.12. The monoisotopic (exact) mass is 163 g/mol. The molecule has 0 N–H and O–H groups in total. The van der Waals surface area contributed by atoms with E-state index in [-0.39, 0.29) is 17.2 Å². The molecule has 0 fully saturated rings. The molecule has 0 aliphatic carbocycles. The largest absolute Gasteiger partial charge is 0.361 e. The number of pyridine rings is 1. The van der Waals surface area contributed by atoms with Gasteiger partial charge in [-0.1, -0.05) is 6.57 Å². The molecule has 12 heavy (non-hydrogen) atoms. The van der Waals surface area contributed by atoms with Crippen LogP contribution in [0.25, 0.3) is 4.85 Å². The van der Waals surface area contributed by atoms with Crippen LogP contribution >= 0.6 is 0 Å². The number of nitro groups is 1. The maximum absolute atomic E-state index is 10.3. The zero-order valence-corrected chi connectivity index (χ0v) is 6.31. The third-order valence-corrected chi connectivity index (χ3v) is 1.35. The number of aromatic nitrogens is 1. The molecular formula is C7H5N3O2. The zero-order chi connectivity index (χ0) is 9.14. The van der Waals surface area contributed by atoms with Crippen molar-refractivity contribution in [2.24, 2.45) is 0 Å². The quantitative estimate of drug-likeness (QED) is 0.360. The summed E-state index contributed by atoms with van der Waals surface area (Å²) in [7, 11) is 0. The SMILES string of the molecule is [C-]#[N+]c1ccc([N+](=O)[O-])c(C)n1. The van der Waals surface area contributed by atoms with Crippen LogP contribution in [0.1, 0.15) is 5.69 Å². The van der Waals surface area contributed by atoms with Gasteiger partial charge in [-0.15, -0.1) is 4.98 Å². The number of nitrogens with zero attached hydrogens (tertiary/aromatic N) is 3. The van der Waals surface area contributed by atoms with Gasteiger partial charge in [0.2, 0.25) is 5.69 Å². The van der Waals surface area contributed by atoms with Crippen molar-refractivity contribution in [2.45, 2.75) is 6.92 Å². The number of hydrogen-bond acceptors (Lipinski definition) is 3. The first-order valence-electron chi connectivity index (χ1n) is 3.14. The lowest BCUT2D eigenvalue weighted by atomic mass is 10.3. The fraction of sp³-hybridized carbons (Fsp3) is 0.143. The smallest absolute Gasteiger partial charge is 0.312 e. The predicted octanol–water partition coefficient (Wildman–Crippen LogP) is 1.85. The molecule has 5 nitrogen and oxygen atoms in total. The topological polar surface area (TPSA) is 60.4 Å². The summed E-state index contributed by atoms with van der Waals surface area (Å²) in [6.07, 6.45) is 0. The Hall–Kier alpha value is -1.96. The van der Waals surface area contributed by atoms with Gasteiger partial charge in [-0.25, -0.2) is 0 Å². The molecule has 0 bridgehead atoms. The molecule has 0 saturated heterocycles. The van der Waals surface area contributed by atoms with Crippen LogP contribution in [0.15, 0.2) is 12.1 Å². The van der Waals surface area contributed by atoms with Crippen molar-refractivity contribution in [2.75, 3.05) is 0 Å². The number of rotatable bonds is 1. The molecule has 0 atom stereocenters. The summed E-state index contributed by atoms with van der Waals surface area (Å²) in [5, 5.41) is 10.3. The Bertz CT molecular complexity index is 367. The second kappa shape index (κ2) is 2.96. The van der Waals surface area contributed by atoms with Crippen molar-refractivity contribution in [1.29, 1.82) is 0 Å². The lowest BCUT2D eigenvalue weighted by Crippen LogP contribution is -1.92. The molecule has 0 amide bonds. The Morgan fingerprint density at radius 2 is 2.33 bits per heavy atom. The van der Waals surface area contributed by atoms with Gasteiger partial charge < -0.3 is 4.85 Å². The first-order chi connectivity index (χ1) is 5.65. The van der Waals surface area contributed by atoms with Crippen LogP contribution in [-0.4, -0.2) is 9.91 Å². The Morgan fingerprint density at radius 1 is 1.67 bits per heavy atom. The molecule has 0 aromatic carbocycles. The third kappa shape index (κ3) is 1.37. The lowest BCUT2D eigenvalue weighted by molar-refractivity contribution is -0.385. The summed E-state index contributed by atoms with van der Waals surface area (Å²) < 4.78 is 0. The fourth-order valence-electron chi connectivity index (χ4n) is 0.796. The summed E-state index contributed by atoms with van der Waals surface area (Å²) >= 11 is 0. The second-order valence-corrected chi connectivity index (χ2v) is 2.14. The average Bonchev–Trinajstić information content (AvgIpc) is 2.03. The van der Waals surface area contributed by atoms with E-state index in [9.17, 15) is 10.1 Å². The van der Waals surface area contributed by atoms with Crippen molar-refractivity contribution >= 4 is 11.5 Å². The summed E-state index contributed by atoms with van der Waals surface area (Å²) in [6, 6.07) is 2.62. The van der Waals surface area contributed by atoms with Crippen molar-refractivity contribution in [3.05, 3.63) is 39.4 Å². The maximum atomic E-state index is 10.3. The third-order valence-electron chi connectivity index (χ3n) is 1.35. The van der Waals surface area contributed by atoms with Crippen LogP contribution in [0.4, 0.5) is 11.5 Å². The van der Waals surface area contributed by atoms with Crippen LogP contribution in [-0.2, 0) is 0 Å². The van der Waals surface area contributed by atoms with E-state index in [4.69, 9.17) is 6.57 Å². The molecule has 0 radical (unpaired) electrons. The number of aryl methyl sites for hydroxylation is 1. The minimum Gasteiger partial charge on any atom is -0.361 e. The van der Waals surface area contributed by atoms with E-state index < -0.39 is 4.92 Å². The summed E-state index contributed by atoms with van der Waals surface area (Å²) in [5.41, 5.74) is 0.218. The summed E-state index contributed by atoms with van der Waals surface area (Å²) in [5.74, 6) is 0.179. The van der Waals surface area contributed by atoms with Gasteiger partial charge in [0.1, 0.15) is 0 Å². The van der Waals surface area contributed by atoms with E-state index in [0.717, 1.165) is 0 Å². The molecule has 1 aromatic heterocycles. The van der Waals surface area contributed by atoms with E-state index in [0.29, 0.717) is 0 Å². The summed E-state index contributed by atoms with van der Waals surface area (Å²) in [4.78, 5) is 16.6. The average molecular weight is 163 g/mol. The highest BCUT2D eigenvalue weighted by molar-refractivity contribution is 5.45. The van der Waals surface area contributed by atoms with Gasteiger partial charge in [-0.2, -0.15) is 0 Å². The second-order valence-electron chi connectivity index (χ2n) is 2.14. The molecule has 0 spiro atoms. The first kappa shape index (κ1) is 8.14. The maximum Gasteiger partial charge on any atom is 0.312 e. The van der Waals surface area contributed by atoms with E-state index in [2.05, 4.69) is 9.83 Å². The van der Waals surface area contributed by atoms with Gasteiger partial charge in [-0.3, -0.25) is 10.1 Å². The molecule has 1 heterocycles. The van der Waals surface area contributed by atoms with Crippen LogP contribution in [0, 0.1) is 23.6 Å². The standard InChI is InChI=1S/C7H5N3O2/c1-5-6(10(11)12)3-4-7(8-2)9-5/h3-4H,1H3. The van der Waals surface area contributed by atoms with E-state index in [1.807, 2.05) is 0 Å². The molecule has 60 valence electrons. The van der Waals surface area contributed by atoms with Crippen LogP contribution in [0.5, 0.6) is 0 Å². The highest BCUT2D eigenvalue weighted by atomic mass is 16.6. The molecule has 0 aliphatic rings. The van der Waals surface area contributed by atoms with Gasteiger partial charge in [0, 0.05) is 13.0 Å². The van der Waals surface area contributed by atoms with E-state index in [1.165, 1.54) is 19.1 Å². The predicted molar refractivity (Wildman–Crippen MR) is 41.9 cm³/mol. The van der Waals surface area contributed by atoms with Gasteiger partial charge in [0.05, 0.1) is 4.92 Å². The van der Waals surface area contributed by atoms with Crippen LogP contribution in [0.2, 0.25) is 0 Å². The Morgan fingerprint density at radius 3 is 2.75 bits per heavy atom. The zero-order valence-electron chi connectivity index (χ0n) is 6.31. The normalized spacial score (nSPS) is 9.00. The van der Waals surface area contributed by atoms with E-state index >= 15 is 0 Å². The Kier molecular flexibility index (Phi) is 2.01. The molecule has 0 saturated carbocycles. The van der Waals surface area contributed by atoms with Gasteiger partial charge >= 0.3 is 5.69 Å². The molecular weight excluding hydrogens is 158 g/mol. The minimum absolute atomic E-state index is 0.0533.